The van der Waals surface area contributed by atoms with E-state index in [0.717, 1.165) is 24.0 Å². The minimum Gasteiger partial charge on any atom is -0.394 e. The van der Waals surface area contributed by atoms with Crippen LogP contribution in [0.4, 0.5) is 11.5 Å². The summed E-state index contributed by atoms with van der Waals surface area (Å²) in [5, 5.41) is 0. The maximum atomic E-state index is 5.97. The summed E-state index contributed by atoms with van der Waals surface area (Å²) in [6.07, 6.45) is 10.00. The van der Waals surface area contributed by atoms with Gasteiger partial charge in [-0.25, -0.2) is 9.97 Å². The summed E-state index contributed by atoms with van der Waals surface area (Å²) in [5.41, 5.74) is 6.69. The van der Waals surface area contributed by atoms with E-state index < -0.39 is 0 Å². The van der Waals surface area contributed by atoms with Gasteiger partial charge in [-0.3, -0.25) is 0 Å². The van der Waals surface area contributed by atoms with E-state index in [4.69, 9.17) is 5.73 Å². The summed E-state index contributed by atoms with van der Waals surface area (Å²) in [6, 6.07) is 0.672. The molecule has 2 N–H and O–H groups in total. The van der Waals surface area contributed by atoms with E-state index in [0.29, 0.717) is 6.04 Å². The molecular weight excluding hydrogens is 200 g/mol. The molecule has 1 aromatic heterocycles. The van der Waals surface area contributed by atoms with Gasteiger partial charge in [-0.05, 0) is 31.6 Å². The summed E-state index contributed by atoms with van der Waals surface area (Å²) in [7, 11) is 0. The zero-order valence-electron chi connectivity index (χ0n) is 9.47. The minimum absolute atomic E-state index is 0.672. The molecule has 2 atom stereocenters. The van der Waals surface area contributed by atoms with E-state index in [1.54, 1.807) is 12.5 Å². The van der Waals surface area contributed by atoms with Crippen LogP contribution in [0.2, 0.25) is 0 Å². The van der Waals surface area contributed by atoms with Gasteiger partial charge in [0.15, 0.2) is 5.82 Å². The molecule has 86 valence electrons. The monoisotopic (exact) mass is 218 g/mol. The van der Waals surface area contributed by atoms with Crippen LogP contribution in [0.1, 0.15) is 32.1 Å². The van der Waals surface area contributed by atoms with Crippen LogP contribution in [-0.4, -0.2) is 22.6 Å². The van der Waals surface area contributed by atoms with Crippen LogP contribution in [0.25, 0.3) is 0 Å². The third-order valence-corrected chi connectivity index (χ3v) is 3.98. The molecule has 1 aromatic rings. The number of anilines is 2. The number of nitrogens with two attached hydrogens (primary N) is 1. The van der Waals surface area contributed by atoms with Gasteiger partial charge >= 0.3 is 0 Å². The van der Waals surface area contributed by atoms with E-state index in [9.17, 15) is 0 Å². The predicted molar refractivity (Wildman–Crippen MR) is 64.2 cm³/mol. The second-order valence-corrected chi connectivity index (χ2v) is 4.90. The Hall–Kier alpha value is -1.32. The Morgan fingerprint density at radius 2 is 2.12 bits per heavy atom. The number of nitrogens with zero attached hydrogens (tertiary/aromatic N) is 3. The number of piperidine rings is 1. The Morgan fingerprint density at radius 3 is 3.00 bits per heavy atom. The Labute approximate surface area is 95.9 Å². The topological polar surface area (TPSA) is 55.0 Å². The van der Waals surface area contributed by atoms with E-state index in [1.165, 1.54) is 32.1 Å². The molecule has 2 aliphatic rings. The van der Waals surface area contributed by atoms with Crippen molar-refractivity contribution in [3.63, 3.8) is 0 Å². The van der Waals surface area contributed by atoms with Crippen molar-refractivity contribution < 1.29 is 0 Å². The summed E-state index contributed by atoms with van der Waals surface area (Å²) < 4.78 is 0. The molecule has 1 aliphatic carbocycles. The van der Waals surface area contributed by atoms with Crippen LogP contribution < -0.4 is 10.6 Å². The third kappa shape index (κ3) is 1.52. The highest BCUT2D eigenvalue weighted by Crippen LogP contribution is 2.39. The zero-order chi connectivity index (χ0) is 11.0. The summed E-state index contributed by atoms with van der Waals surface area (Å²) in [5.74, 6) is 1.81. The van der Waals surface area contributed by atoms with E-state index in [-0.39, 0.29) is 0 Å². The van der Waals surface area contributed by atoms with Gasteiger partial charge in [-0.1, -0.05) is 6.42 Å². The molecular formula is C12H18N4. The molecule has 2 unspecified atom stereocenters. The first-order valence-electron chi connectivity index (χ1n) is 6.18. The highest BCUT2D eigenvalue weighted by atomic mass is 15.2. The Kier molecular flexibility index (Phi) is 2.42. The maximum absolute atomic E-state index is 5.97. The van der Waals surface area contributed by atoms with Crippen molar-refractivity contribution >= 4 is 11.5 Å². The predicted octanol–water partition coefficient (Wildman–Crippen LogP) is 1.83. The Bertz CT molecular complexity index is 379. The fourth-order valence-electron chi connectivity index (χ4n) is 3.29. The molecule has 0 bridgehead atoms. The Balaban J connectivity index is 1.91. The first-order chi connectivity index (χ1) is 7.86. The number of nitrogen functional groups attached to an aromatic ring is 1. The highest BCUT2D eigenvalue weighted by molar-refractivity contribution is 5.61. The smallest absolute Gasteiger partial charge is 0.155 e. The van der Waals surface area contributed by atoms with Crippen LogP contribution in [0.3, 0.4) is 0 Å². The highest BCUT2D eigenvalue weighted by Gasteiger charge is 2.36. The first-order valence-corrected chi connectivity index (χ1v) is 6.18. The molecule has 2 fully saturated rings. The fraction of sp³-hybridized carbons (Fsp3) is 0.667. The lowest BCUT2D eigenvalue weighted by atomic mass is 9.92. The van der Waals surface area contributed by atoms with Gasteiger partial charge in [0.05, 0.1) is 11.9 Å². The lowest BCUT2D eigenvalue weighted by Crippen LogP contribution is -2.43. The van der Waals surface area contributed by atoms with Crippen LogP contribution in [0.5, 0.6) is 0 Å². The van der Waals surface area contributed by atoms with E-state index in [2.05, 4.69) is 14.9 Å². The van der Waals surface area contributed by atoms with Crippen molar-refractivity contribution in [2.45, 2.75) is 38.1 Å². The molecule has 0 radical (unpaired) electrons. The van der Waals surface area contributed by atoms with Crippen LogP contribution in [0.15, 0.2) is 12.5 Å². The summed E-state index contributed by atoms with van der Waals surface area (Å²) >= 11 is 0. The van der Waals surface area contributed by atoms with Crippen molar-refractivity contribution in [3.05, 3.63) is 12.5 Å². The SMILES string of the molecule is Nc1cncnc1N1CCCC2CCCC21. The molecule has 4 heteroatoms. The number of hydrogen-bond donors (Lipinski definition) is 1. The van der Waals surface area contributed by atoms with E-state index in [1.807, 2.05) is 0 Å². The van der Waals surface area contributed by atoms with Crippen molar-refractivity contribution in [3.8, 4) is 0 Å². The quantitative estimate of drug-likeness (QED) is 0.781. The van der Waals surface area contributed by atoms with Gasteiger partial charge < -0.3 is 10.6 Å². The normalized spacial score (nSPS) is 29.1. The summed E-state index contributed by atoms with van der Waals surface area (Å²) in [4.78, 5) is 10.7. The van der Waals surface area contributed by atoms with Gasteiger partial charge in [-0.15, -0.1) is 0 Å². The van der Waals surface area contributed by atoms with Crippen molar-refractivity contribution in [2.75, 3.05) is 17.2 Å². The number of rotatable bonds is 1. The van der Waals surface area contributed by atoms with Crippen LogP contribution >= 0.6 is 0 Å². The zero-order valence-corrected chi connectivity index (χ0v) is 9.47. The second-order valence-electron chi connectivity index (χ2n) is 4.90. The average Bonchev–Trinajstić information content (AvgIpc) is 2.77. The fourth-order valence-corrected chi connectivity index (χ4v) is 3.29. The molecule has 16 heavy (non-hydrogen) atoms. The Morgan fingerprint density at radius 1 is 1.25 bits per heavy atom. The first kappa shape index (κ1) is 9.87. The van der Waals surface area contributed by atoms with Gasteiger partial charge in [0.2, 0.25) is 0 Å². The third-order valence-electron chi connectivity index (χ3n) is 3.98. The molecule has 2 heterocycles. The van der Waals surface area contributed by atoms with Crippen molar-refractivity contribution in [2.24, 2.45) is 5.92 Å². The van der Waals surface area contributed by atoms with Crippen molar-refractivity contribution in [1.82, 2.24) is 9.97 Å². The van der Waals surface area contributed by atoms with Gasteiger partial charge in [-0.2, -0.15) is 0 Å². The number of fused-ring (bicyclic) bond motifs is 1. The average molecular weight is 218 g/mol. The van der Waals surface area contributed by atoms with Crippen LogP contribution in [-0.2, 0) is 0 Å². The molecule has 0 amide bonds. The van der Waals surface area contributed by atoms with Crippen LogP contribution in [0, 0.1) is 5.92 Å². The molecule has 4 nitrogen and oxygen atoms in total. The van der Waals surface area contributed by atoms with Crippen molar-refractivity contribution in [1.29, 1.82) is 0 Å². The summed E-state index contributed by atoms with van der Waals surface area (Å²) in [6.45, 7) is 1.10. The molecule has 1 aliphatic heterocycles. The molecule has 3 rings (SSSR count). The van der Waals surface area contributed by atoms with Gasteiger partial charge in [0.1, 0.15) is 6.33 Å². The van der Waals surface area contributed by atoms with Gasteiger partial charge in [0, 0.05) is 12.6 Å². The molecule has 1 saturated heterocycles. The second kappa shape index (κ2) is 3.92. The molecule has 0 aromatic carbocycles. The maximum Gasteiger partial charge on any atom is 0.155 e. The lowest BCUT2D eigenvalue weighted by Gasteiger charge is -2.38. The van der Waals surface area contributed by atoms with E-state index >= 15 is 0 Å². The number of aromatic nitrogens is 2. The molecule has 0 spiro atoms. The minimum atomic E-state index is 0.672. The molecule has 1 saturated carbocycles. The lowest BCUT2D eigenvalue weighted by molar-refractivity contribution is 0.361. The van der Waals surface area contributed by atoms with Gasteiger partial charge in [0.25, 0.3) is 0 Å². The largest absolute Gasteiger partial charge is 0.394 e. The standard InChI is InChI=1S/C12H18N4/c13-10-7-14-8-15-12(10)16-6-2-4-9-3-1-5-11(9)16/h7-9,11H,1-6,13H2. The number of hydrogen-bond acceptors (Lipinski definition) is 4.